The van der Waals surface area contributed by atoms with Crippen molar-refractivity contribution in [3.05, 3.63) is 47.5 Å². The van der Waals surface area contributed by atoms with Crippen LogP contribution >= 0.6 is 11.6 Å². The van der Waals surface area contributed by atoms with Crippen LogP contribution < -0.4 is 19.1 Å². The van der Waals surface area contributed by atoms with Gasteiger partial charge in [0.25, 0.3) is 5.91 Å². The molecule has 1 aliphatic rings. The van der Waals surface area contributed by atoms with Crippen LogP contribution in [0.5, 0.6) is 11.5 Å². The lowest BCUT2D eigenvalue weighted by atomic mass is 10.2. The summed E-state index contributed by atoms with van der Waals surface area (Å²) >= 11 is 5.99. The van der Waals surface area contributed by atoms with E-state index in [-0.39, 0.29) is 13.0 Å². The molecule has 0 aromatic heterocycles. The van der Waals surface area contributed by atoms with Crippen molar-refractivity contribution in [3.8, 4) is 11.5 Å². The van der Waals surface area contributed by atoms with Gasteiger partial charge in [0.2, 0.25) is 10.0 Å². The molecule has 0 saturated carbocycles. The Kier molecular flexibility index (Phi) is 5.48. The number of ether oxygens (including phenoxy) is 2. The highest BCUT2D eigenvalue weighted by molar-refractivity contribution is 7.92. The number of hydrogen-bond donors (Lipinski definition) is 1. The predicted octanol–water partition coefficient (Wildman–Crippen LogP) is 2.90. The first kappa shape index (κ1) is 19.3. The van der Waals surface area contributed by atoms with E-state index in [4.69, 9.17) is 21.1 Å². The van der Waals surface area contributed by atoms with E-state index < -0.39 is 22.0 Å². The highest BCUT2D eigenvalue weighted by Crippen LogP contribution is 2.34. The second kappa shape index (κ2) is 7.66. The van der Waals surface area contributed by atoms with E-state index >= 15 is 0 Å². The number of benzene rings is 2. The number of sulfonamides is 1. The Bertz CT molecular complexity index is 964. The molecule has 1 N–H and O–H groups in total. The molecular weight excluding hydrogens is 392 g/mol. The Hall–Kier alpha value is -2.45. The number of hydrogen-bond acceptors (Lipinski definition) is 5. The maximum Gasteiger partial charge on any atom is 0.265 e. The number of methoxy groups -OCH3 is 1. The molecule has 3 rings (SSSR count). The third kappa shape index (κ3) is 4.28. The quantitative estimate of drug-likeness (QED) is 0.837. The van der Waals surface area contributed by atoms with Gasteiger partial charge in [0.1, 0.15) is 11.5 Å². The summed E-state index contributed by atoms with van der Waals surface area (Å²) in [5.74, 6) is 0.374. The normalized spacial score (nSPS) is 16.7. The van der Waals surface area contributed by atoms with Gasteiger partial charge >= 0.3 is 0 Å². The maximum absolute atomic E-state index is 12.8. The Morgan fingerprint density at radius 2 is 2.04 bits per heavy atom. The number of para-hydroxylation sites is 2. The van der Waals surface area contributed by atoms with Crippen LogP contribution in [0.25, 0.3) is 0 Å². The number of carbonyl (C=O) groups is 1. The third-order valence-corrected chi connectivity index (χ3v) is 5.52. The smallest absolute Gasteiger partial charge is 0.265 e. The van der Waals surface area contributed by atoms with Gasteiger partial charge < -0.3 is 14.8 Å². The average Bonchev–Trinajstić information content (AvgIpc) is 2.81. The van der Waals surface area contributed by atoms with Crippen molar-refractivity contribution in [2.45, 2.75) is 12.5 Å². The zero-order valence-electron chi connectivity index (χ0n) is 14.8. The molecule has 0 spiro atoms. The summed E-state index contributed by atoms with van der Waals surface area (Å²) < 4.78 is 36.6. The van der Waals surface area contributed by atoms with Gasteiger partial charge in [0.15, 0.2) is 6.10 Å². The molecule has 1 aliphatic heterocycles. The second-order valence-electron chi connectivity index (χ2n) is 6.03. The molecule has 27 heavy (non-hydrogen) atoms. The van der Waals surface area contributed by atoms with Gasteiger partial charge in [-0.15, -0.1) is 0 Å². The molecule has 0 bridgehead atoms. The molecule has 0 aliphatic carbocycles. The van der Waals surface area contributed by atoms with Crippen LogP contribution in [0.2, 0.25) is 5.02 Å². The SMILES string of the molecule is COc1ccc(Cl)cc1NC(=O)[C@H]1CCN(S(C)(=O)=O)c2ccccc2O1. The third-order valence-electron chi connectivity index (χ3n) is 4.11. The first-order valence-corrected chi connectivity index (χ1v) is 10.4. The van der Waals surface area contributed by atoms with Crippen molar-refractivity contribution < 1.29 is 22.7 Å². The zero-order valence-corrected chi connectivity index (χ0v) is 16.4. The molecular formula is C18H19ClN2O5S. The van der Waals surface area contributed by atoms with Crippen molar-refractivity contribution in [1.82, 2.24) is 0 Å². The number of rotatable bonds is 4. The Morgan fingerprint density at radius 3 is 2.74 bits per heavy atom. The average molecular weight is 411 g/mol. The van der Waals surface area contributed by atoms with Gasteiger partial charge in [0, 0.05) is 18.0 Å². The number of amides is 1. The molecule has 1 heterocycles. The van der Waals surface area contributed by atoms with Gasteiger partial charge in [-0.2, -0.15) is 0 Å². The van der Waals surface area contributed by atoms with Crippen molar-refractivity contribution in [1.29, 1.82) is 0 Å². The van der Waals surface area contributed by atoms with Gasteiger partial charge in [-0.05, 0) is 30.3 Å². The van der Waals surface area contributed by atoms with Gasteiger partial charge in [-0.3, -0.25) is 9.10 Å². The van der Waals surface area contributed by atoms with E-state index in [2.05, 4.69) is 5.32 Å². The van der Waals surface area contributed by atoms with Gasteiger partial charge in [-0.25, -0.2) is 8.42 Å². The highest BCUT2D eigenvalue weighted by Gasteiger charge is 2.31. The summed E-state index contributed by atoms with van der Waals surface area (Å²) in [4.78, 5) is 12.8. The van der Waals surface area contributed by atoms with Crippen molar-refractivity contribution >= 4 is 38.9 Å². The first-order valence-electron chi connectivity index (χ1n) is 8.17. The molecule has 144 valence electrons. The van der Waals surface area contributed by atoms with E-state index in [0.717, 1.165) is 6.26 Å². The molecule has 2 aromatic rings. The van der Waals surface area contributed by atoms with E-state index in [1.807, 2.05) is 0 Å². The number of fused-ring (bicyclic) bond motifs is 1. The molecule has 2 aromatic carbocycles. The van der Waals surface area contributed by atoms with Crippen LogP contribution in [0.15, 0.2) is 42.5 Å². The number of halogens is 1. The summed E-state index contributed by atoms with van der Waals surface area (Å²) in [5.41, 5.74) is 0.826. The minimum absolute atomic E-state index is 0.126. The maximum atomic E-state index is 12.8. The standard InChI is InChI=1S/C18H19ClN2O5S/c1-25-15-8-7-12(19)11-13(15)20-18(22)17-9-10-21(27(2,23)24)14-5-3-4-6-16(14)26-17/h3-8,11,17H,9-10H2,1-2H3,(H,20,22)/t17-/m1/s1. The topological polar surface area (TPSA) is 84.9 Å². The summed E-state index contributed by atoms with van der Waals surface area (Å²) in [7, 11) is -2.02. The van der Waals surface area contributed by atoms with E-state index in [9.17, 15) is 13.2 Å². The van der Waals surface area contributed by atoms with Crippen LogP contribution in [0.3, 0.4) is 0 Å². The van der Waals surface area contributed by atoms with Crippen LogP contribution in [0.1, 0.15) is 6.42 Å². The number of nitrogens with zero attached hydrogens (tertiary/aromatic N) is 1. The number of carbonyl (C=O) groups excluding carboxylic acids is 1. The molecule has 1 atom stereocenters. The lowest BCUT2D eigenvalue weighted by Crippen LogP contribution is -2.36. The number of nitrogens with one attached hydrogen (secondary N) is 1. The minimum atomic E-state index is -3.50. The van der Waals surface area contributed by atoms with Crippen molar-refractivity contribution in [2.75, 3.05) is 29.5 Å². The Balaban J connectivity index is 1.87. The zero-order chi connectivity index (χ0) is 19.6. The molecule has 0 radical (unpaired) electrons. The molecule has 9 heteroatoms. The summed E-state index contributed by atoms with van der Waals surface area (Å²) in [6.07, 6.45) is 0.443. The van der Waals surface area contributed by atoms with E-state index in [1.54, 1.807) is 42.5 Å². The van der Waals surface area contributed by atoms with Gasteiger partial charge in [0.05, 0.1) is 24.7 Å². The summed E-state index contributed by atoms with van der Waals surface area (Å²) in [6, 6.07) is 11.6. The van der Waals surface area contributed by atoms with Crippen LogP contribution in [-0.2, 0) is 14.8 Å². The summed E-state index contributed by atoms with van der Waals surface area (Å²) in [6.45, 7) is 0.126. The Morgan fingerprint density at radius 1 is 1.30 bits per heavy atom. The van der Waals surface area contributed by atoms with E-state index in [1.165, 1.54) is 11.4 Å². The monoisotopic (exact) mass is 410 g/mol. The fourth-order valence-electron chi connectivity index (χ4n) is 2.85. The lowest BCUT2D eigenvalue weighted by Gasteiger charge is -2.20. The van der Waals surface area contributed by atoms with Crippen LogP contribution in [0.4, 0.5) is 11.4 Å². The lowest BCUT2D eigenvalue weighted by molar-refractivity contribution is -0.122. The molecule has 0 unspecified atom stereocenters. The highest BCUT2D eigenvalue weighted by atomic mass is 35.5. The predicted molar refractivity (Wildman–Crippen MR) is 104 cm³/mol. The summed E-state index contributed by atoms with van der Waals surface area (Å²) in [5, 5.41) is 3.19. The van der Waals surface area contributed by atoms with Crippen LogP contribution in [0, 0.1) is 0 Å². The second-order valence-corrected chi connectivity index (χ2v) is 8.38. The minimum Gasteiger partial charge on any atom is -0.495 e. The molecule has 0 saturated heterocycles. The Labute approximate surface area is 162 Å². The van der Waals surface area contributed by atoms with E-state index in [0.29, 0.717) is 27.9 Å². The van der Waals surface area contributed by atoms with Crippen LogP contribution in [-0.4, -0.2) is 40.3 Å². The largest absolute Gasteiger partial charge is 0.495 e. The molecule has 1 amide bonds. The van der Waals surface area contributed by atoms with Crippen molar-refractivity contribution in [2.24, 2.45) is 0 Å². The molecule has 0 fully saturated rings. The van der Waals surface area contributed by atoms with Crippen molar-refractivity contribution in [3.63, 3.8) is 0 Å². The molecule has 7 nitrogen and oxygen atoms in total. The number of anilines is 2. The fraction of sp³-hybridized carbons (Fsp3) is 0.278. The first-order chi connectivity index (χ1) is 12.8. The van der Waals surface area contributed by atoms with Gasteiger partial charge in [-0.1, -0.05) is 23.7 Å². The fourth-order valence-corrected chi connectivity index (χ4v) is 3.97.